The third-order valence-electron chi connectivity index (χ3n) is 2.66. The van der Waals surface area contributed by atoms with Gasteiger partial charge in [-0.3, -0.25) is 0 Å². The molecule has 0 aromatic carbocycles. The monoisotopic (exact) mass is 329 g/mol. The van der Waals surface area contributed by atoms with Crippen molar-refractivity contribution in [2.45, 2.75) is 47.1 Å². The van der Waals surface area contributed by atoms with Crippen molar-refractivity contribution in [1.82, 2.24) is 9.97 Å². The quantitative estimate of drug-likeness (QED) is 0.850. The standard InChI is InChI=1S/C14H24BrN3O/c1-6-8-16-12-10(15)9-17-13(18-12)11(19-7-2)14(3,4)5/h9,11H,6-8H2,1-5H3,(H,16,17,18). The number of aromatic nitrogens is 2. The van der Waals surface area contributed by atoms with Crippen LogP contribution in [0, 0.1) is 5.41 Å². The van der Waals surface area contributed by atoms with E-state index in [-0.39, 0.29) is 11.5 Å². The molecule has 0 saturated heterocycles. The highest BCUT2D eigenvalue weighted by atomic mass is 79.9. The summed E-state index contributed by atoms with van der Waals surface area (Å²) in [5, 5.41) is 3.30. The van der Waals surface area contributed by atoms with Crippen LogP contribution in [0.2, 0.25) is 0 Å². The Balaban J connectivity index is 3.03. The van der Waals surface area contributed by atoms with Crippen LogP contribution in [0.5, 0.6) is 0 Å². The Morgan fingerprint density at radius 2 is 2.05 bits per heavy atom. The van der Waals surface area contributed by atoms with E-state index in [0.29, 0.717) is 6.61 Å². The Kier molecular flexibility index (Phi) is 6.20. The van der Waals surface area contributed by atoms with Crippen LogP contribution in [-0.2, 0) is 4.74 Å². The fraction of sp³-hybridized carbons (Fsp3) is 0.714. The Bertz CT molecular complexity index is 404. The average Bonchev–Trinajstić information content (AvgIpc) is 2.34. The molecular formula is C14H24BrN3O. The van der Waals surface area contributed by atoms with Gasteiger partial charge in [-0.05, 0) is 34.7 Å². The molecule has 0 aliphatic rings. The van der Waals surface area contributed by atoms with Crippen LogP contribution in [0.3, 0.4) is 0 Å². The molecule has 4 nitrogen and oxygen atoms in total. The number of nitrogens with one attached hydrogen (secondary N) is 1. The van der Waals surface area contributed by atoms with E-state index in [0.717, 1.165) is 29.1 Å². The fourth-order valence-electron chi connectivity index (χ4n) is 1.75. The molecule has 0 amide bonds. The summed E-state index contributed by atoms with van der Waals surface area (Å²) in [6.07, 6.45) is 2.74. The van der Waals surface area contributed by atoms with Crippen LogP contribution in [0.25, 0.3) is 0 Å². The van der Waals surface area contributed by atoms with Crippen LogP contribution >= 0.6 is 15.9 Å². The minimum atomic E-state index is -0.104. The second-order valence-electron chi connectivity index (χ2n) is 5.55. The van der Waals surface area contributed by atoms with Gasteiger partial charge in [-0.2, -0.15) is 0 Å². The van der Waals surface area contributed by atoms with Gasteiger partial charge >= 0.3 is 0 Å². The molecular weight excluding hydrogens is 306 g/mol. The summed E-state index contributed by atoms with van der Waals surface area (Å²) in [5.74, 6) is 1.57. The number of rotatable bonds is 6. The minimum absolute atomic E-state index is 0.0358. The largest absolute Gasteiger partial charge is 0.370 e. The second kappa shape index (κ2) is 7.20. The predicted molar refractivity (Wildman–Crippen MR) is 82.3 cm³/mol. The van der Waals surface area contributed by atoms with Gasteiger partial charge in [0.1, 0.15) is 11.9 Å². The lowest BCUT2D eigenvalue weighted by molar-refractivity contribution is -0.0190. The highest BCUT2D eigenvalue weighted by Gasteiger charge is 2.29. The van der Waals surface area contributed by atoms with Gasteiger partial charge in [-0.25, -0.2) is 9.97 Å². The van der Waals surface area contributed by atoms with E-state index in [2.05, 4.69) is 58.9 Å². The van der Waals surface area contributed by atoms with Gasteiger partial charge < -0.3 is 10.1 Å². The molecule has 0 spiro atoms. The van der Waals surface area contributed by atoms with E-state index in [1.54, 1.807) is 6.20 Å². The summed E-state index contributed by atoms with van der Waals surface area (Å²) in [4.78, 5) is 9.01. The van der Waals surface area contributed by atoms with Gasteiger partial charge in [0, 0.05) is 19.3 Å². The van der Waals surface area contributed by atoms with Gasteiger partial charge in [0.05, 0.1) is 4.47 Å². The van der Waals surface area contributed by atoms with Crippen molar-refractivity contribution in [3.05, 3.63) is 16.5 Å². The van der Waals surface area contributed by atoms with Gasteiger partial charge in [-0.15, -0.1) is 0 Å². The van der Waals surface area contributed by atoms with Crippen molar-refractivity contribution in [3.8, 4) is 0 Å². The lowest BCUT2D eigenvalue weighted by atomic mass is 9.88. The highest BCUT2D eigenvalue weighted by Crippen LogP contribution is 2.35. The average molecular weight is 330 g/mol. The molecule has 0 aliphatic heterocycles. The molecule has 0 radical (unpaired) electrons. The maximum atomic E-state index is 5.82. The number of hydrogen-bond acceptors (Lipinski definition) is 4. The number of anilines is 1. The molecule has 0 aliphatic carbocycles. The van der Waals surface area contributed by atoms with Crippen LogP contribution < -0.4 is 5.32 Å². The second-order valence-corrected chi connectivity index (χ2v) is 6.41. The molecule has 0 fully saturated rings. The summed E-state index contributed by atoms with van der Waals surface area (Å²) < 4.78 is 6.71. The van der Waals surface area contributed by atoms with E-state index in [9.17, 15) is 0 Å². The fourth-order valence-corrected chi connectivity index (χ4v) is 2.08. The molecule has 1 aromatic rings. The Morgan fingerprint density at radius 3 is 2.58 bits per heavy atom. The third-order valence-corrected chi connectivity index (χ3v) is 3.24. The molecule has 1 atom stereocenters. The van der Waals surface area contributed by atoms with E-state index >= 15 is 0 Å². The van der Waals surface area contributed by atoms with Crippen molar-refractivity contribution in [3.63, 3.8) is 0 Å². The number of nitrogens with zero attached hydrogens (tertiary/aromatic N) is 2. The Hall–Kier alpha value is -0.680. The molecule has 1 unspecified atom stereocenters. The first-order chi connectivity index (χ1) is 8.90. The summed E-state index contributed by atoms with van der Waals surface area (Å²) in [7, 11) is 0. The molecule has 1 heterocycles. The van der Waals surface area contributed by atoms with E-state index in [4.69, 9.17) is 4.74 Å². The Morgan fingerprint density at radius 1 is 1.37 bits per heavy atom. The van der Waals surface area contributed by atoms with E-state index in [1.807, 2.05) is 6.92 Å². The molecule has 1 N–H and O–H groups in total. The third kappa shape index (κ3) is 4.73. The highest BCUT2D eigenvalue weighted by molar-refractivity contribution is 9.10. The first-order valence-corrected chi connectivity index (χ1v) is 7.57. The topological polar surface area (TPSA) is 47.0 Å². The zero-order valence-corrected chi connectivity index (χ0v) is 14.0. The van der Waals surface area contributed by atoms with Crippen molar-refractivity contribution in [2.24, 2.45) is 5.41 Å². The molecule has 0 saturated carbocycles. The molecule has 1 aromatic heterocycles. The number of halogens is 1. The molecule has 1 rings (SSSR count). The van der Waals surface area contributed by atoms with Gasteiger partial charge in [0.15, 0.2) is 5.82 Å². The zero-order valence-electron chi connectivity index (χ0n) is 12.5. The molecule has 19 heavy (non-hydrogen) atoms. The van der Waals surface area contributed by atoms with E-state index < -0.39 is 0 Å². The van der Waals surface area contributed by atoms with Crippen LogP contribution in [0.4, 0.5) is 5.82 Å². The predicted octanol–water partition coefficient (Wildman–Crippen LogP) is 4.18. The van der Waals surface area contributed by atoms with E-state index in [1.165, 1.54) is 0 Å². The first kappa shape index (κ1) is 16.4. The van der Waals surface area contributed by atoms with Crippen molar-refractivity contribution in [1.29, 1.82) is 0 Å². The SMILES string of the molecule is CCCNc1nc(C(OCC)C(C)(C)C)ncc1Br. The summed E-state index contributed by atoms with van der Waals surface area (Å²) in [6, 6.07) is 0. The maximum absolute atomic E-state index is 5.82. The van der Waals surface area contributed by atoms with Crippen molar-refractivity contribution < 1.29 is 4.74 Å². The zero-order chi connectivity index (χ0) is 14.5. The van der Waals surface area contributed by atoms with Gasteiger partial charge in [-0.1, -0.05) is 27.7 Å². The van der Waals surface area contributed by atoms with Crippen LogP contribution in [0.1, 0.15) is 53.0 Å². The minimum Gasteiger partial charge on any atom is -0.370 e. The summed E-state index contributed by atoms with van der Waals surface area (Å²) >= 11 is 3.47. The lowest BCUT2D eigenvalue weighted by Crippen LogP contribution is -2.24. The first-order valence-electron chi connectivity index (χ1n) is 6.78. The van der Waals surface area contributed by atoms with Gasteiger partial charge in [0.2, 0.25) is 0 Å². The summed E-state index contributed by atoms with van der Waals surface area (Å²) in [6.45, 7) is 12.1. The van der Waals surface area contributed by atoms with Crippen molar-refractivity contribution >= 4 is 21.7 Å². The van der Waals surface area contributed by atoms with Gasteiger partial charge in [0.25, 0.3) is 0 Å². The normalized spacial score (nSPS) is 13.4. The molecule has 0 bridgehead atoms. The molecule has 5 heteroatoms. The molecule has 108 valence electrons. The lowest BCUT2D eigenvalue weighted by Gasteiger charge is -2.29. The number of hydrogen-bond donors (Lipinski definition) is 1. The summed E-state index contributed by atoms with van der Waals surface area (Å²) in [5.41, 5.74) is -0.0358. The smallest absolute Gasteiger partial charge is 0.160 e. The maximum Gasteiger partial charge on any atom is 0.160 e. The van der Waals surface area contributed by atoms with Crippen molar-refractivity contribution in [2.75, 3.05) is 18.5 Å². The van der Waals surface area contributed by atoms with Crippen LogP contribution in [0.15, 0.2) is 10.7 Å². The number of ether oxygens (including phenoxy) is 1. The van der Waals surface area contributed by atoms with Crippen LogP contribution in [-0.4, -0.2) is 23.1 Å². The Labute approximate surface area is 124 Å².